The van der Waals surface area contributed by atoms with Gasteiger partial charge in [0.15, 0.2) is 0 Å². The predicted octanol–water partition coefficient (Wildman–Crippen LogP) is 2.59. The molecule has 5 heteroatoms. The summed E-state index contributed by atoms with van der Waals surface area (Å²) in [5.41, 5.74) is 2.08. The molecule has 0 amide bonds. The molecule has 102 valence electrons. The number of nitrogens with one attached hydrogen (secondary N) is 1. The molecule has 1 N–H and O–H groups in total. The highest BCUT2D eigenvalue weighted by atomic mass is 35.5. The Kier molecular flexibility index (Phi) is 3.73. The molecule has 2 heterocycles. The van der Waals surface area contributed by atoms with Gasteiger partial charge in [-0.05, 0) is 38.1 Å². The predicted molar refractivity (Wildman–Crippen MR) is 76.5 cm³/mol. The Morgan fingerprint density at radius 2 is 2.42 bits per heavy atom. The third-order valence-corrected chi connectivity index (χ3v) is 3.77. The lowest BCUT2D eigenvalue weighted by atomic mass is 10.2. The summed E-state index contributed by atoms with van der Waals surface area (Å²) in [5.74, 6) is 1.04. The highest BCUT2D eigenvalue weighted by molar-refractivity contribution is 6.31. The largest absolute Gasteiger partial charge is 0.376 e. The molecule has 1 aromatic carbocycles. The third kappa shape index (κ3) is 2.61. The van der Waals surface area contributed by atoms with Crippen LogP contribution < -0.4 is 5.32 Å². The zero-order valence-electron chi connectivity index (χ0n) is 11.0. The number of ether oxygens (including phenoxy) is 1. The minimum absolute atomic E-state index is 0.309. The van der Waals surface area contributed by atoms with Gasteiger partial charge < -0.3 is 14.6 Å². The van der Waals surface area contributed by atoms with Gasteiger partial charge in [-0.1, -0.05) is 11.6 Å². The van der Waals surface area contributed by atoms with Gasteiger partial charge in [-0.3, -0.25) is 0 Å². The number of nitrogens with zero attached hydrogens (tertiary/aromatic N) is 2. The molecule has 2 aromatic rings. The summed E-state index contributed by atoms with van der Waals surface area (Å²) < 4.78 is 7.99. The number of benzene rings is 1. The van der Waals surface area contributed by atoms with Gasteiger partial charge in [0.25, 0.3) is 0 Å². The summed E-state index contributed by atoms with van der Waals surface area (Å²) in [6.07, 6.45) is 2.60. The second-order valence-corrected chi connectivity index (χ2v) is 5.37. The van der Waals surface area contributed by atoms with Crippen molar-refractivity contribution in [3.05, 3.63) is 29.0 Å². The van der Waals surface area contributed by atoms with Crippen LogP contribution in [0.15, 0.2) is 18.2 Å². The lowest BCUT2D eigenvalue weighted by Gasteiger charge is -2.14. The SMILES string of the molecule is CNCc1nc2cc(Cl)ccc2n1CC1CCCO1. The number of rotatable bonds is 4. The maximum atomic E-state index is 6.04. The Balaban J connectivity index is 2.00. The van der Waals surface area contributed by atoms with Crippen molar-refractivity contribution in [2.45, 2.75) is 32.0 Å². The maximum Gasteiger partial charge on any atom is 0.123 e. The number of aromatic nitrogens is 2. The Morgan fingerprint density at radius 3 is 3.16 bits per heavy atom. The second-order valence-electron chi connectivity index (χ2n) is 4.94. The first-order chi connectivity index (χ1) is 9.28. The number of imidazole rings is 1. The van der Waals surface area contributed by atoms with Gasteiger partial charge in [0.1, 0.15) is 5.82 Å². The van der Waals surface area contributed by atoms with Crippen molar-refractivity contribution in [3.8, 4) is 0 Å². The minimum atomic E-state index is 0.309. The Hall–Kier alpha value is -1.10. The standard InChI is InChI=1S/C14H18ClN3O/c1-16-8-14-17-12-7-10(15)4-5-13(12)18(14)9-11-3-2-6-19-11/h4-5,7,11,16H,2-3,6,8-9H2,1H3. The summed E-state index contributed by atoms with van der Waals surface area (Å²) in [5, 5.41) is 3.89. The van der Waals surface area contributed by atoms with E-state index in [1.807, 2.05) is 25.2 Å². The van der Waals surface area contributed by atoms with Crippen molar-refractivity contribution in [2.24, 2.45) is 0 Å². The van der Waals surface area contributed by atoms with Crippen molar-refractivity contribution in [3.63, 3.8) is 0 Å². The fourth-order valence-electron chi connectivity index (χ4n) is 2.64. The molecule has 1 aliphatic rings. The van der Waals surface area contributed by atoms with Crippen LogP contribution in [0.3, 0.4) is 0 Å². The average Bonchev–Trinajstić information content (AvgIpc) is 2.99. The van der Waals surface area contributed by atoms with Crippen LogP contribution in [0.2, 0.25) is 5.02 Å². The zero-order chi connectivity index (χ0) is 13.2. The maximum absolute atomic E-state index is 6.04. The summed E-state index contributed by atoms with van der Waals surface area (Å²) >= 11 is 6.04. The van der Waals surface area contributed by atoms with Crippen LogP contribution in [-0.2, 0) is 17.8 Å². The molecule has 0 aliphatic carbocycles. The van der Waals surface area contributed by atoms with Gasteiger partial charge in [0.2, 0.25) is 0 Å². The fraction of sp³-hybridized carbons (Fsp3) is 0.500. The molecule has 19 heavy (non-hydrogen) atoms. The van der Waals surface area contributed by atoms with E-state index in [4.69, 9.17) is 16.3 Å². The van der Waals surface area contributed by atoms with E-state index in [9.17, 15) is 0 Å². The van der Waals surface area contributed by atoms with E-state index in [1.54, 1.807) is 0 Å². The number of fused-ring (bicyclic) bond motifs is 1. The monoisotopic (exact) mass is 279 g/mol. The first-order valence-electron chi connectivity index (χ1n) is 6.69. The molecule has 1 unspecified atom stereocenters. The van der Waals surface area contributed by atoms with Crippen molar-refractivity contribution in [2.75, 3.05) is 13.7 Å². The lowest BCUT2D eigenvalue weighted by molar-refractivity contribution is 0.0971. The van der Waals surface area contributed by atoms with Gasteiger partial charge in [-0.25, -0.2) is 4.98 Å². The molecule has 0 spiro atoms. The van der Waals surface area contributed by atoms with E-state index in [0.29, 0.717) is 6.10 Å². The molecule has 1 fully saturated rings. The van der Waals surface area contributed by atoms with Crippen LogP contribution in [0.5, 0.6) is 0 Å². The highest BCUT2D eigenvalue weighted by Gasteiger charge is 2.19. The Bertz CT molecular complexity index is 575. The van der Waals surface area contributed by atoms with Crippen molar-refractivity contribution in [1.82, 2.24) is 14.9 Å². The minimum Gasteiger partial charge on any atom is -0.376 e. The van der Waals surface area contributed by atoms with Gasteiger partial charge in [0.05, 0.1) is 30.2 Å². The van der Waals surface area contributed by atoms with Crippen LogP contribution in [-0.4, -0.2) is 29.3 Å². The van der Waals surface area contributed by atoms with E-state index in [-0.39, 0.29) is 0 Å². The molecule has 0 saturated carbocycles. The summed E-state index contributed by atoms with van der Waals surface area (Å²) in [4.78, 5) is 4.67. The van der Waals surface area contributed by atoms with E-state index >= 15 is 0 Å². The first-order valence-corrected chi connectivity index (χ1v) is 7.06. The van der Waals surface area contributed by atoms with Crippen LogP contribution in [0, 0.1) is 0 Å². The average molecular weight is 280 g/mol. The van der Waals surface area contributed by atoms with Gasteiger partial charge in [-0.15, -0.1) is 0 Å². The van der Waals surface area contributed by atoms with Crippen LogP contribution in [0.25, 0.3) is 11.0 Å². The number of hydrogen-bond acceptors (Lipinski definition) is 3. The first kappa shape index (κ1) is 12.9. The molecule has 4 nitrogen and oxygen atoms in total. The van der Waals surface area contributed by atoms with E-state index < -0.39 is 0 Å². The fourth-order valence-corrected chi connectivity index (χ4v) is 2.81. The molecule has 1 aliphatic heterocycles. The van der Waals surface area contributed by atoms with E-state index in [2.05, 4.69) is 14.9 Å². The molecular formula is C14H18ClN3O. The van der Waals surface area contributed by atoms with Crippen molar-refractivity contribution >= 4 is 22.6 Å². The summed E-state index contributed by atoms with van der Waals surface area (Å²) in [6.45, 7) is 2.50. The van der Waals surface area contributed by atoms with E-state index in [1.165, 1.54) is 0 Å². The van der Waals surface area contributed by atoms with Crippen LogP contribution in [0.1, 0.15) is 18.7 Å². The van der Waals surface area contributed by atoms with Gasteiger partial charge >= 0.3 is 0 Å². The number of halogens is 1. The highest BCUT2D eigenvalue weighted by Crippen LogP contribution is 2.23. The van der Waals surface area contributed by atoms with Crippen LogP contribution in [0.4, 0.5) is 0 Å². The molecule has 3 rings (SSSR count). The Morgan fingerprint density at radius 1 is 1.53 bits per heavy atom. The molecule has 1 aromatic heterocycles. The molecule has 0 radical (unpaired) electrons. The van der Waals surface area contributed by atoms with Gasteiger partial charge in [0, 0.05) is 11.6 Å². The van der Waals surface area contributed by atoms with Crippen molar-refractivity contribution in [1.29, 1.82) is 0 Å². The number of hydrogen-bond donors (Lipinski definition) is 1. The molecular weight excluding hydrogens is 262 g/mol. The quantitative estimate of drug-likeness (QED) is 0.935. The third-order valence-electron chi connectivity index (χ3n) is 3.53. The normalized spacial score (nSPS) is 19.4. The lowest BCUT2D eigenvalue weighted by Crippen LogP contribution is -2.19. The topological polar surface area (TPSA) is 39.1 Å². The summed E-state index contributed by atoms with van der Waals surface area (Å²) in [6, 6.07) is 5.88. The Labute approximate surface area is 117 Å². The van der Waals surface area contributed by atoms with Crippen molar-refractivity contribution < 1.29 is 4.74 Å². The molecule has 1 atom stereocenters. The molecule has 0 bridgehead atoms. The van der Waals surface area contributed by atoms with Crippen LogP contribution >= 0.6 is 11.6 Å². The summed E-state index contributed by atoms with van der Waals surface area (Å²) in [7, 11) is 1.93. The zero-order valence-corrected chi connectivity index (χ0v) is 11.8. The smallest absolute Gasteiger partial charge is 0.123 e. The van der Waals surface area contributed by atoms with E-state index in [0.717, 1.165) is 54.4 Å². The second kappa shape index (κ2) is 5.49. The van der Waals surface area contributed by atoms with Gasteiger partial charge in [-0.2, -0.15) is 0 Å². The molecule has 1 saturated heterocycles.